The second kappa shape index (κ2) is 8.96. The molecule has 3 N–H and O–H groups in total. The molecule has 0 atom stereocenters. The van der Waals surface area contributed by atoms with Crippen molar-refractivity contribution in [2.24, 2.45) is 0 Å². The molecule has 104 valence electrons. The normalized spacial score (nSPS) is 10.6. The van der Waals surface area contributed by atoms with Crippen LogP contribution >= 0.6 is 11.5 Å². The average Bonchev–Trinajstić information content (AvgIpc) is 2.71. The molecule has 0 aliphatic rings. The monoisotopic (exact) mass is 275 g/mol. The van der Waals surface area contributed by atoms with Crippen molar-refractivity contribution in [2.75, 3.05) is 51.1 Å². The summed E-state index contributed by atoms with van der Waals surface area (Å²) in [6.07, 6.45) is 0.910. The van der Waals surface area contributed by atoms with Gasteiger partial charge in [-0.3, -0.25) is 0 Å². The van der Waals surface area contributed by atoms with Gasteiger partial charge in [-0.15, -0.1) is 0 Å². The van der Waals surface area contributed by atoms with Crippen LogP contribution in [-0.4, -0.2) is 44.5 Å². The van der Waals surface area contributed by atoms with Crippen LogP contribution in [0, 0.1) is 0 Å². The van der Waals surface area contributed by atoms with Gasteiger partial charge in [0.25, 0.3) is 0 Å². The summed E-state index contributed by atoms with van der Waals surface area (Å²) in [4.78, 5) is 0. The van der Waals surface area contributed by atoms with Gasteiger partial charge >= 0.3 is 0 Å². The fourth-order valence-electron chi connectivity index (χ4n) is 1.31. The van der Waals surface area contributed by atoms with Crippen molar-refractivity contribution in [1.29, 1.82) is 0 Å². The molecule has 0 unspecified atom stereocenters. The van der Waals surface area contributed by atoms with E-state index in [0.29, 0.717) is 38.0 Å². The largest absolute Gasteiger partial charge is 0.487 e. The Kier molecular flexibility index (Phi) is 7.47. The van der Waals surface area contributed by atoms with Crippen LogP contribution in [0.2, 0.25) is 0 Å². The van der Waals surface area contributed by atoms with Gasteiger partial charge < -0.3 is 25.3 Å². The van der Waals surface area contributed by atoms with E-state index in [0.717, 1.165) is 18.0 Å². The summed E-state index contributed by atoms with van der Waals surface area (Å²) < 4.78 is 19.7. The first-order valence-electron chi connectivity index (χ1n) is 5.98. The minimum Gasteiger partial charge on any atom is -0.487 e. The molecule has 0 bridgehead atoms. The number of hydrogen-bond acceptors (Lipinski definition) is 7. The Morgan fingerprint density at radius 1 is 1.33 bits per heavy atom. The number of anilines is 2. The van der Waals surface area contributed by atoms with Gasteiger partial charge in [-0.2, -0.15) is 4.37 Å². The van der Waals surface area contributed by atoms with Crippen LogP contribution in [0.5, 0.6) is 5.75 Å². The lowest BCUT2D eigenvalue weighted by Crippen LogP contribution is -2.08. The zero-order valence-corrected chi connectivity index (χ0v) is 11.7. The topological polar surface area (TPSA) is 78.6 Å². The SMILES string of the molecule is CCOc1c(N)nsc1NCCCOCCOC. The molecule has 1 heterocycles. The minimum absolute atomic E-state index is 0.445. The fourth-order valence-corrected chi connectivity index (χ4v) is 2.00. The zero-order chi connectivity index (χ0) is 13.2. The van der Waals surface area contributed by atoms with E-state index in [9.17, 15) is 0 Å². The van der Waals surface area contributed by atoms with Crippen molar-refractivity contribution >= 4 is 22.4 Å². The molecule has 0 fully saturated rings. The molecule has 0 aliphatic carbocycles. The lowest BCUT2D eigenvalue weighted by molar-refractivity contribution is 0.0705. The molecule has 0 radical (unpaired) electrons. The first-order chi connectivity index (χ1) is 8.79. The van der Waals surface area contributed by atoms with E-state index in [1.54, 1.807) is 7.11 Å². The molecular weight excluding hydrogens is 254 g/mol. The Balaban J connectivity index is 2.18. The van der Waals surface area contributed by atoms with E-state index in [-0.39, 0.29) is 0 Å². The van der Waals surface area contributed by atoms with Crippen LogP contribution in [0.25, 0.3) is 0 Å². The first-order valence-corrected chi connectivity index (χ1v) is 6.75. The maximum Gasteiger partial charge on any atom is 0.197 e. The highest BCUT2D eigenvalue weighted by atomic mass is 32.1. The number of hydrogen-bond donors (Lipinski definition) is 2. The summed E-state index contributed by atoms with van der Waals surface area (Å²) in [6.45, 7) is 5.27. The van der Waals surface area contributed by atoms with Gasteiger partial charge in [-0.25, -0.2) is 0 Å². The molecule has 0 saturated carbocycles. The van der Waals surface area contributed by atoms with Crippen molar-refractivity contribution in [2.45, 2.75) is 13.3 Å². The van der Waals surface area contributed by atoms with Crippen LogP contribution in [-0.2, 0) is 9.47 Å². The molecule has 1 aromatic rings. The number of ether oxygens (including phenoxy) is 3. The fraction of sp³-hybridized carbons (Fsp3) is 0.727. The third-order valence-electron chi connectivity index (χ3n) is 2.15. The predicted octanol–water partition coefficient (Wildman–Crippen LogP) is 1.59. The highest BCUT2D eigenvalue weighted by molar-refractivity contribution is 7.11. The van der Waals surface area contributed by atoms with Gasteiger partial charge in [0.05, 0.1) is 19.8 Å². The van der Waals surface area contributed by atoms with Crippen LogP contribution in [0.1, 0.15) is 13.3 Å². The molecule has 7 heteroatoms. The van der Waals surface area contributed by atoms with E-state index in [1.165, 1.54) is 11.5 Å². The molecular formula is C11H21N3O3S. The van der Waals surface area contributed by atoms with Crippen molar-refractivity contribution in [3.8, 4) is 5.75 Å². The van der Waals surface area contributed by atoms with Crippen LogP contribution in [0.15, 0.2) is 0 Å². The van der Waals surface area contributed by atoms with E-state index in [2.05, 4.69) is 9.69 Å². The summed E-state index contributed by atoms with van der Waals surface area (Å²) in [5.74, 6) is 1.10. The van der Waals surface area contributed by atoms with Crippen LogP contribution < -0.4 is 15.8 Å². The maximum atomic E-state index is 5.71. The standard InChI is InChI=1S/C11H21N3O3S/c1-3-17-9-10(12)14-18-11(9)13-5-4-6-16-8-7-15-2/h13H,3-8H2,1-2H3,(H2,12,14). The number of nitrogens with one attached hydrogen (secondary N) is 1. The Labute approximate surface area is 112 Å². The van der Waals surface area contributed by atoms with Gasteiger partial charge in [0, 0.05) is 20.3 Å². The Morgan fingerprint density at radius 3 is 2.89 bits per heavy atom. The van der Waals surface area contributed by atoms with Crippen molar-refractivity contribution in [3.05, 3.63) is 0 Å². The van der Waals surface area contributed by atoms with Crippen LogP contribution in [0.4, 0.5) is 10.8 Å². The van der Waals surface area contributed by atoms with Gasteiger partial charge in [0.15, 0.2) is 16.6 Å². The summed E-state index contributed by atoms with van der Waals surface area (Å²) in [5, 5.41) is 4.13. The van der Waals surface area contributed by atoms with E-state index in [1.807, 2.05) is 6.92 Å². The maximum absolute atomic E-state index is 5.71. The predicted molar refractivity (Wildman–Crippen MR) is 73.5 cm³/mol. The number of nitrogens with two attached hydrogens (primary N) is 1. The number of rotatable bonds is 10. The average molecular weight is 275 g/mol. The molecule has 0 amide bonds. The lowest BCUT2D eigenvalue weighted by atomic mass is 10.4. The van der Waals surface area contributed by atoms with E-state index in [4.69, 9.17) is 19.9 Å². The van der Waals surface area contributed by atoms with Crippen molar-refractivity contribution < 1.29 is 14.2 Å². The highest BCUT2D eigenvalue weighted by Gasteiger charge is 2.11. The minimum atomic E-state index is 0.445. The number of methoxy groups -OCH3 is 1. The highest BCUT2D eigenvalue weighted by Crippen LogP contribution is 2.34. The Hall–Kier alpha value is -1.05. The molecule has 0 spiro atoms. The van der Waals surface area contributed by atoms with Gasteiger partial charge in [-0.05, 0) is 24.9 Å². The summed E-state index contributed by atoms with van der Waals surface area (Å²) in [5.41, 5.74) is 5.71. The van der Waals surface area contributed by atoms with E-state index >= 15 is 0 Å². The molecule has 0 aromatic carbocycles. The Bertz CT molecular complexity index is 333. The zero-order valence-electron chi connectivity index (χ0n) is 10.9. The van der Waals surface area contributed by atoms with Crippen molar-refractivity contribution in [1.82, 2.24) is 4.37 Å². The molecule has 1 aromatic heterocycles. The van der Waals surface area contributed by atoms with Crippen LogP contribution in [0.3, 0.4) is 0 Å². The molecule has 0 saturated heterocycles. The summed E-state index contributed by atoms with van der Waals surface area (Å²) in [7, 11) is 1.66. The Morgan fingerprint density at radius 2 is 2.17 bits per heavy atom. The number of nitrogens with zero attached hydrogens (tertiary/aromatic N) is 1. The second-order valence-electron chi connectivity index (χ2n) is 3.54. The lowest BCUT2D eigenvalue weighted by Gasteiger charge is -2.07. The summed E-state index contributed by atoms with van der Waals surface area (Å²) in [6, 6.07) is 0. The summed E-state index contributed by atoms with van der Waals surface area (Å²) >= 11 is 1.32. The quantitative estimate of drug-likeness (QED) is 0.631. The molecule has 6 nitrogen and oxygen atoms in total. The molecule has 1 rings (SSSR count). The van der Waals surface area contributed by atoms with E-state index < -0.39 is 0 Å². The third kappa shape index (κ3) is 5.07. The van der Waals surface area contributed by atoms with Gasteiger partial charge in [-0.1, -0.05) is 0 Å². The second-order valence-corrected chi connectivity index (χ2v) is 4.32. The molecule has 0 aliphatic heterocycles. The van der Waals surface area contributed by atoms with Crippen molar-refractivity contribution in [3.63, 3.8) is 0 Å². The third-order valence-corrected chi connectivity index (χ3v) is 2.95. The number of nitrogen functional groups attached to an aromatic ring is 1. The van der Waals surface area contributed by atoms with Gasteiger partial charge in [0.2, 0.25) is 0 Å². The first kappa shape index (κ1) is 15.0. The smallest absolute Gasteiger partial charge is 0.197 e. The van der Waals surface area contributed by atoms with Gasteiger partial charge in [0.1, 0.15) is 0 Å². The number of aromatic nitrogens is 1. The molecule has 18 heavy (non-hydrogen) atoms.